The molecule has 2 aromatic rings. The number of alkyl carbamates (subject to hydrolysis) is 1. The predicted octanol–water partition coefficient (Wildman–Crippen LogP) is 5.84. The first kappa shape index (κ1) is 33.4. The Kier molecular flexibility index (Phi) is 9.37. The van der Waals surface area contributed by atoms with Crippen molar-refractivity contribution in [1.29, 1.82) is 0 Å². The second-order valence-corrected chi connectivity index (χ2v) is 15.6. The zero-order valence-corrected chi connectivity index (χ0v) is 28.5. The van der Waals surface area contributed by atoms with Crippen molar-refractivity contribution in [3.05, 3.63) is 29.7 Å². The highest BCUT2D eigenvalue weighted by atomic mass is 19.1. The number of halogens is 1. The summed E-state index contributed by atoms with van der Waals surface area (Å²) in [7, 11) is 0. The predicted molar refractivity (Wildman–Crippen MR) is 173 cm³/mol. The molecule has 2 aliphatic heterocycles. The third-order valence-electron chi connectivity index (χ3n) is 10.4. The maximum Gasteiger partial charge on any atom is 0.408 e. The smallest absolute Gasteiger partial charge is 0.408 e. The minimum Gasteiger partial charge on any atom is -0.471 e. The van der Waals surface area contributed by atoms with Gasteiger partial charge in [0.15, 0.2) is 0 Å². The third-order valence-corrected chi connectivity index (χ3v) is 10.4. The molecule has 0 spiro atoms. The van der Waals surface area contributed by atoms with Crippen LogP contribution in [0.3, 0.4) is 0 Å². The number of aryl methyl sites for hydroxylation is 1. The van der Waals surface area contributed by atoms with Crippen LogP contribution in [-0.4, -0.2) is 70.3 Å². The molecule has 3 fully saturated rings. The molecule has 2 aliphatic carbocycles. The average Bonchev–Trinajstić information content (AvgIpc) is 3.57. The number of benzene rings is 1. The summed E-state index contributed by atoms with van der Waals surface area (Å²) >= 11 is 0. The van der Waals surface area contributed by atoms with E-state index in [2.05, 4.69) is 5.32 Å². The van der Waals surface area contributed by atoms with E-state index in [1.807, 2.05) is 41.5 Å². The third kappa shape index (κ3) is 7.18. The number of esters is 1. The summed E-state index contributed by atoms with van der Waals surface area (Å²) in [6.45, 7) is 11.7. The van der Waals surface area contributed by atoms with Gasteiger partial charge in [0, 0.05) is 12.0 Å². The van der Waals surface area contributed by atoms with Gasteiger partial charge in [0.1, 0.15) is 35.8 Å². The van der Waals surface area contributed by atoms with Crippen molar-refractivity contribution in [2.75, 3.05) is 13.2 Å². The minimum atomic E-state index is -0.964. The molecule has 256 valence electrons. The van der Waals surface area contributed by atoms with Crippen molar-refractivity contribution in [1.82, 2.24) is 20.2 Å². The standard InChI is InChI=1S/C36H49FN4O6/c1-19(2)18-45-34(43)30-20(3)29-17-41(30)33(42)31(36(4,5)6)40-35(44)47-28-15-21-14-24(21)23(28)10-8-7-9-11-26-32(46-29)39-27-16-22(37)12-13-25(27)38-26/h12-13,16,19-21,23-24,28-31H,7-11,14-15,17-18H2,1-6H3,(H,40,44)/t20-,21?,23-,24+,28-,29+,30+,31-/m1/s1. The van der Waals surface area contributed by atoms with Crippen LogP contribution >= 0.6 is 0 Å². The maximum atomic E-state index is 14.5. The fourth-order valence-electron chi connectivity index (χ4n) is 7.76. The van der Waals surface area contributed by atoms with Crippen LogP contribution in [-0.2, 0) is 25.5 Å². The molecular formula is C36H49FN4O6. The lowest BCUT2D eigenvalue weighted by atomic mass is 9.85. The van der Waals surface area contributed by atoms with Gasteiger partial charge in [0.25, 0.3) is 0 Å². The van der Waals surface area contributed by atoms with Crippen LogP contribution in [0.25, 0.3) is 11.0 Å². The van der Waals surface area contributed by atoms with E-state index in [9.17, 15) is 18.8 Å². The van der Waals surface area contributed by atoms with Crippen LogP contribution in [0.15, 0.2) is 18.2 Å². The Morgan fingerprint density at radius 1 is 1.06 bits per heavy atom. The van der Waals surface area contributed by atoms with E-state index in [-0.39, 0.29) is 31.1 Å². The molecule has 1 saturated heterocycles. The van der Waals surface area contributed by atoms with Gasteiger partial charge in [-0.1, -0.05) is 54.4 Å². The Morgan fingerprint density at radius 2 is 1.85 bits per heavy atom. The summed E-state index contributed by atoms with van der Waals surface area (Å²) in [6.07, 6.45) is 5.05. The molecule has 8 atom stereocenters. The van der Waals surface area contributed by atoms with Gasteiger partial charge < -0.3 is 24.4 Å². The fourth-order valence-corrected chi connectivity index (χ4v) is 7.76. The lowest BCUT2D eigenvalue weighted by molar-refractivity contribution is -0.156. The largest absolute Gasteiger partial charge is 0.471 e. The second kappa shape index (κ2) is 13.2. The van der Waals surface area contributed by atoms with Gasteiger partial charge in [0.2, 0.25) is 11.8 Å². The molecule has 11 heteroatoms. The van der Waals surface area contributed by atoms with Gasteiger partial charge in [-0.3, -0.25) is 4.79 Å². The molecule has 4 aliphatic rings. The lowest BCUT2D eigenvalue weighted by Gasteiger charge is -2.35. The zero-order chi connectivity index (χ0) is 33.6. The highest BCUT2D eigenvalue weighted by molar-refractivity contribution is 5.91. The maximum absolute atomic E-state index is 14.5. The summed E-state index contributed by atoms with van der Waals surface area (Å²) < 4.78 is 32.5. The quantitative estimate of drug-likeness (QED) is 0.411. The van der Waals surface area contributed by atoms with Gasteiger partial charge in [0.05, 0.1) is 24.2 Å². The van der Waals surface area contributed by atoms with Gasteiger partial charge >= 0.3 is 12.1 Å². The number of nitrogens with zero attached hydrogens (tertiary/aromatic N) is 3. The molecule has 2 saturated carbocycles. The summed E-state index contributed by atoms with van der Waals surface area (Å²) in [4.78, 5) is 52.5. The van der Waals surface area contributed by atoms with Gasteiger partial charge in [-0.05, 0) is 73.3 Å². The van der Waals surface area contributed by atoms with Gasteiger partial charge in [-0.15, -0.1) is 0 Å². The number of ether oxygens (including phenoxy) is 3. The van der Waals surface area contributed by atoms with E-state index in [4.69, 9.17) is 24.2 Å². The van der Waals surface area contributed by atoms with Crippen molar-refractivity contribution in [3.63, 3.8) is 0 Å². The van der Waals surface area contributed by atoms with Crippen LogP contribution in [0.4, 0.5) is 9.18 Å². The molecule has 3 heterocycles. The first-order chi connectivity index (χ1) is 22.3. The number of hydrogen-bond donors (Lipinski definition) is 1. The fraction of sp³-hybridized carbons (Fsp3) is 0.694. The number of fused-ring (bicyclic) bond motifs is 7. The molecule has 2 bridgehead atoms. The Hall–Kier alpha value is -3.50. The molecule has 1 aromatic heterocycles. The van der Waals surface area contributed by atoms with Crippen LogP contribution < -0.4 is 10.1 Å². The number of hydrogen-bond acceptors (Lipinski definition) is 8. The number of carbonyl (C=O) groups is 3. The van der Waals surface area contributed by atoms with E-state index >= 15 is 0 Å². The zero-order valence-electron chi connectivity index (χ0n) is 28.5. The summed E-state index contributed by atoms with van der Waals surface area (Å²) in [6, 6.07) is 2.41. The Bertz CT molecular complexity index is 1510. The van der Waals surface area contributed by atoms with E-state index in [0.29, 0.717) is 40.9 Å². The molecule has 47 heavy (non-hydrogen) atoms. The number of rotatable bonds is 3. The average molecular weight is 653 g/mol. The van der Waals surface area contributed by atoms with Crippen molar-refractivity contribution in [2.45, 2.75) is 111 Å². The molecule has 2 amide bonds. The molecule has 1 unspecified atom stereocenters. The van der Waals surface area contributed by atoms with Crippen molar-refractivity contribution in [3.8, 4) is 5.88 Å². The summed E-state index contributed by atoms with van der Waals surface area (Å²) in [5.74, 6) is 0.0681. The molecule has 6 rings (SSSR count). The Morgan fingerprint density at radius 3 is 2.60 bits per heavy atom. The van der Waals surface area contributed by atoms with Gasteiger partial charge in [-0.2, -0.15) is 0 Å². The molecular weight excluding hydrogens is 603 g/mol. The van der Waals surface area contributed by atoms with E-state index in [1.54, 1.807) is 6.07 Å². The van der Waals surface area contributed by atoms with Gasteiger partial charge in [-0.25, -0.2) is 23.9 Å². The number of carbonyl (C=O) groups excluding carboxylic acids is 3. The topological polar surface area (TPSA) is 120 Å². The highest BCUT2D eigenvalue weighted by Gasteiger charge is 2.55. The molecule has 1 aromatic carbocycles. The number of nitrogens with one attached hydrogen (secondary N) is 1. The normalized spacial score (nSPS) is 31.5. The monoisotopic (exact) mass is 652 g/mol. The van der Waals surface area contributed by atoms with Crippen molar-refractivity contribution < 1.29 is 33.0 Å². The summed E-state index contributed by atoms with van der Waals surface area (Å²) in [5.41, 5.74) is 0.935. The van der Waals surface area contributed by atoms with E-state index in [0.717, 1.165) is 32.1 Å². The van der Waals surface area contributed by atoms with Crippen LogP contribution in [0.2, 0.25) is 0 Å². The van der Waals surface area contributed by atoms with Crippen LogP contribution in [0.1, 0.15) is 85.8 Å². The van der Waals surface area contributed by atoms with Crippen LogP contribution in [0, 0.1) is 40.8 Å². The minimum absolute atomic E-state index is 0.0706. The summed E-state index contributed by atoms with van der Waals surface area (Å²) in [5, 5.41) is 2.90. The Labute approximate surface area is 276 Å². The molecule has 10 nitrogen and oxygen atoms in total. The van der Waals surface area contributed by atoms with E-state index in [1.165, 1.54) is 23.5 Å². The first-order valence-electron chi connectivity index (χ1n) is 17.4. The number of aromatic nitrogens is 2. The number of amides is 2. The SMILES string of the molecule is CC(C)COC(=O)[C@@H]1[C@H](C)[C@@H]2CN1C(=O)[C@H](C(C)(C)C)NC(=O)O[C@@H]1CC3C[C@@H]3[C@H]1CCCCCc1nc3ccc(F)cc3nc1O2. The second-order valence-electron chi connectivity index (χ2n) is 15.6. The van der Waals surface area contributed by atoms with Crippen LogP contribution in [0.5, 0.6) is 5.88 Å². The first-order valence-corrected chi connectivity index (χ1v) is 17.4. The molecule has 1 N–H and O–H groups in total. The Balaban J connectivity index is 1.37. The molecule has 0 radical (unpaired) electrons. The van der Waals surface area contributed by atoms with Crippen molar-refractivity contribution in [2.24, 2.45) is 35.0 Å². The van der Waals surface area contributed by atoms with Crippen molar-refractivity contribution >= 4 is 29.0 Å². The lowest BCUT2D eigenvalue weighted by Crippen LogP contribution is -2.57. The van der Waals surface area contributed by atoms with E-state index < -0.39 is 53.3 Å². The highest BCUT2D eigenvalue weighted by Crippen LogP contribution is 2.57.